The second-order valence-corrected chi connectivity index (χ2v) is 1.56. The fourth-order valence-electron chi connectivity index (χ4n) is 0. The molecule has 0 aliphatic carbocycles. The molecule has 25 valence electrons. The van der Waals surface area contributed by atoms with E-state index in [1.165, 1.54) is 0 Å². The van der Waals surface area contributed by atoms with Gasteiger partial charge in [-0.3, -0.25) is 0 Å². The van der Waals surface area contributed by atoms with E-state index >= 15 is 0 Å². The van der Waals surface area contributed by atoms with Crippen LogP contribution in [0.4, 0.5) is 0 Å². The number of nitrogens with two attached hydrogens (primary N) is 1. The molecule has 4 heteroatoms. The second kappa shape index (κ2) is 5.24. The van der Waals surface area contributed by atoms with Crippen LogP contribution in [0.1, 0.15) is 0 Å². The van der Waals surface area contributed by atoms with Crippen molar-refractivity contribution < 1.29 is 0 Å². The van der Waals surface area contributed by atoms with Crippen LogP contribution >= 0.6 is 24.8 Å². The Balaban J connectivity index is 0. The van der Waals surface area contributed by atoms with Crippen molar-refractivity contribution in [1.29, 1.82) is 0 Å². The van der Waals surface area contributed by atoms with E-state index in [2.05, 4.69) is 24.8 Å². The van der Waals surface area contributed by atoms with Gasteiger partial charge in [0.1, 0.15) is 4.32 Å². The molecular formula is CH3NNaS2. The molecule has 0 aromatic heterocycles. The van der Waals surface area contributed by atoms with Crippen molar-refractivity contribution in [2.45, 2.75) is 0 Å². The van der Waals surface area contributed by atoms with Crippen LogP contribution in [-0.4, -0.2) is 33.9 Å². The summed E-state index contributed by atoms with van der Waals surface area (Å²) in [4.78, 5) is 0. The molecule has 0 saturated heterocycles. The Hall–Kier alpha value is 1.24. The van der Waals surface area contributed by atoms with Crippen LogP contribution in [0.25, 0.3) is 0 Å². The van der Waals surface area contributed by atoms with E-state index in [1.54, 1.807) is 0 Å². The van der Waals surface area contributed by atoms with Gasteiger partial charge in [0.05, 0.1) is 0 Å². The van der Waals surface area contributed by atoms with Crippen LogP contribution in [0.15, 0.2) is 0 Å². The minimum Gasteiger partial charge on any atom is -0.385 e. The first-order chi connectivity index (χ1) is 1.73. The summed E-state index contributed by atoms with van der Waals surface area (Å²) in [5, 5.41) is 0. The van der Waals surface area contributed by atoms with Gasteiger partial charge in [-0.05, 0) is 0 Å². The van der Waals surface area contributed by atoms with E-state index < -0.39 is 0 Å². The van der Waals surface area contributed by atoms with E-state index in [9.17, 15) is 0 Å². The van der Waals surface area contributed by atoms with Gasteiger partial charge < -0.3 is 5.73 Å². The van der Waals surface area contributed by atoms with E-state index in [0.717, 1.165) is 0 Å². The first kappa shape index (κ1) is 9.53. The van der Waals surface area contributed by atoms with Crippen molar-refractivity contribution in [2.75, 3.05) is 0 Å². The molecule has 0 bridgehead atoms. The normalized spacial score (nSPS) is 5.00. The maximum Gasteiger partial charge on any atom is 0.128 e. The number of hydrogen-bond acceptors (Lipinski definition) is 1. The zero-order chi connectivity index (χ0) is 3.58. The van der Waals surface area contributed by atoms with Crippen molar-refractivity contribution in [1.82, 2.24) is 0 Å². The molecule has 0 spiro atoms. The number of hydrogen-bond donors (Lipinski definition) is 2. The Morgan fingerprint density at radius 1 is 1.80 bits per heavy atom. The molecule has 0 heterocycles. The summed E-state index contributed by atoms with van der Waals surface area (Å²) >= 11 is 7.65. The SMILES string of the molecule is NC(=S)S.[Na]. The summed E-state index contributed by atoms with van der Waals surface area (Å²) < 4.78 is 0.194. The molecule has 0 unspecified atom stereocenters. The molecule has 0 amide bonds. The van der Waals surface area contributed by atoms with Crippen LogP contribution in [0, 0.1) is 0 Å². The Morgan fingerprint density at radius 3 is 1.80 bits per heavy atom. The zero-order valence-corrected chi connectivity index (χ0v) is 6.64. The third kappa shape index (κ3) is 35.8. The van der Waals surface area contributed by atoms with Gasteiger partial charge in [-0.1, -0.05) is 12.2 Å². The average molecular weight is 116 g/mol. The Bertz CT molecular complexity index is 32.6. The predicted molar refractivity (Wildman–Crippen MR) is 31.5 cm³/mol. The van der Waals surface area contributed by atoms with E-state index in [1.807, 2.05) is 0 Å². The molecule has 0 aliphatic rings. The Morgan fingerprint density at radius 2 is 1.80 bits per heavy atom. The standard InChI is InChI=1S/CH3NS2.Na/c2-1(3)4;/h(H3,2,3,4);. The van der Waals surface area contributed by atoms with Gasteiger partial charge in [0.15, 0.2) is 0 Å². The largest absolute Gasteiger partial charge is 0.385 e. The summed E-state index contributed by atoms with van der Waals surface area (Å²) in [6.07, 6.45) is 0. The van der Waals surface area contributed by atoms with Gasteiger partial charge in [0, 0.05) is 29.6 Å². The molecule has 1 nitrogen and oxygen atoms in total. The second-order valence-electron chi connectivity index (χ2n) is 0.338. The third-order valence-corrected chi connectivity index (χ3v) is 0. The zero-order valence-electron chi connectivity index (χ0n) is 2.93. The van der Waals surface area contributed by atoms with Crippen molar-refractivity contribution in [3.05, 3.63) is 0 Å². The summed E-state index contributed by atoms with van der Waals surface area (Å²) in [7, 11) is 0. The van der Waals surface area contributed by atoms with Gasteiger partial charge in [-0.15, -0.1) is 12.6 Å². The minimum absolute atomic E-state index is 0. The maximum atomic E-state index is 4.71. The molecule has 0 aromatic carbocycles. The number of thiol groups is 1. The van der Waals surface area contributed by atoms with E-state index in [-0.39, 0.29) is 33.9 Å². The fraction of sp³-hybridized carbons (Fsp3) is 0. The fourth-order valence-corrected chi connectivity index (χ4v) is 0. The number of thiocarbonyl (C=S) groups is 1. The number of rotatable bonds is 0. The Kier molecular flexibility index (Phi) is 9.99. The summed E-state index contributed by atoms with van der Waals surface area (Å²) in [5.41, 5.74) is 4.71. The van der Waals surface area contributed by atoms with Crippen LogP contribution in [0.5, 0.6) is 0 Å². The molecule has 0 rings (SSSR count). The van der Waals surface area contributed by atoms with Crippen LogP contribution < -0.4 is 5.73 Å². The van der Waals surface area contributed by atoms with Crippen molar-refractivity contribution in [3.8, 4) is 0 Å². The molecular weight excluding hydrogens is 113 g/mol. The molecule has 0 saturated carbocycles. The first-order valence-corrected chi connectivity index (χ1v) is 1.57. The first-order valence-electron chi connectivity index (χ1n) is 0.716. The molecule has 5 heavy (non-hydrogen) atoms. The maximum absolute atomic E-state index is 4.71. The molecule has 0 atom stereocenters. The van der Waals surface area contributed by atoms with Gasteiger partial charge in [-0.2, -0.15) is 0 Å². The average Bonchev–Trinajstić information content (AvgIpc) is 0.811. The van der Waals surface area contributed by atoms with E-state index in [4.69, 9.17) is 5.73 Å². The van der Waals surface area contributed by atoms with E-state index in [0.29, 0.717) is 0 Å². The van der Waals surface area contributed by atoms with Crippen molar-refractivity contribution in [2.24, 2.45) is 5.73 Å². The molecule has 0 aromatic rings. The topological polar surface area (TPSA) is 26.0 Å². The van der Waals surface area contributed by atoms with Gasteiger partial charge >= 0.3 is 0 Å². The molecule has 0 fully saturated rings. The van der Waals surface area contributed by atoms with Gasteiger partial charge in [-0.25, -0.2) is 0 Å². The molecule has 0 aliphatic heterocycles. The minimum atomic E-state index is 0. The summed E-state index contributed by atoms with van der Waals surface area (Å²) in [6.45, 7) is 0. The smallest absolute Gasteiger partial charge is 0.128 e. The van der Waals surface area contributed by atoms with Crippen molar-refractivity contribution in [3.63, 3.8) is 0 Å². The predicted octanol–water partition coefficient (Wildman–Crippen LogP) is -0.221. The summed E-state index contributed by atoms with van der Waals surface area (Å²) in [5.74, 6) is 0. The monoisotopic (exact) mass is 116 g/mol. The molecule has 2 N–H and O–H groups in total. The third-order valence-electron chi connectivity index (χ3n) is 0. The van der Waals surface area contributed by atoms with Gasteiger partial charge in [0.25, 0.3) is 0 Å². The Labute approximate surface area is 64.0 Å². The van der Waals surface area contributed by atoms with Crippen LogP contribution in [0.2, 0.25) is 0 Å². The quantitative estimate of drug-likeness (QED) is 0.260. The van der Waals surface area contributed by atoms with Gasteiger partial charge in [0.2, 0.25) is 0 Å². The van der Waals surface area contributed by atoms with Crippen LogP contribution in [-0.2, 0) is 0 Å². The van der Waals surface area contributed by atoms with Crippen molar-refractivity contribution >= 4 is 58.7 Å². The summed E-state index contributed by atoms with van der Waals surface area (Å²) in [6, 6.07) is 0. The molecule has 1 radical (unpaired) electrons. The van der Waals surface area contributed by atoms with Crippen LogP contribution in [0.3, 0.4) is 0 Å².